The molecule has 0 aromatic carbocycles. The minimum atomic E-state index is 0.317. The predicted octanol–water partition coefficient (Wildman–Crippen LogP) is 2.02. The van der Waals surface area contributed by atoms with Gasteiger partial charge in [0, 0.05) is 11.6 Å². The summed E-state index contributed by atoms with van der Waals surface area (Å²) in [5, 5.41) is 3.54. The summed E-state index contributed by atoms with van der Waals surface area (Å²) in [4.78, 5) is 2.38. The predicted molar refractivity (Wildman–Crippen MR) is 62.5 cm³/mol. The van der Waals surface area contributed by atoms with E-state index in [0.717, 1.165) is 6.54 Å². The van der Waals surface area contributed by atoms with Gasteiger partial charge in [0.05, 0.1) is 0 Å². The minimum Gasteiger partial charge on any atom is -0.309 e. The number of hydrogen-bond acceptors (Lipinski definition) is 2. The molecule has 1 rings (SSSR count). The first-order valence-corrected chi connectivity index (χ1v) is 5.70. The average Bonchev–Trinajstić information content (AvgIpc) is 2.64. The molecular weight excluding hydrogens is 172 g/mol. The quantitative estimate of drug-likeness (QED) is 0.677. The summed E-state index contributed by atoms with van der Waals surface area (Å²) in [6, 6.07) is 0.435. The van der Waals surface area contributed by atoms with Gasteiger partial charge in [0.2, 0.25) is 0 Å². The Labute approximate surface area is 88.4 Å². The molecule has 0 bridgehead atoms. The van der Waals surface area contributed by atoms with Gasteiger partial charge >= 0.3 is 0 Å². The third kappa shape index (κ3) is 2.01. The molecule has 82 valence electrons. The Morgan fingerprint density at radius 2 is 2.00 bits per heavy atom. The van der Waals surface area contributed by atoms with Gasteiger partial charge < -0.3 is 10.2 Å². The Balaban J connectivity index is 2.78. The molecule has 0 radical (unpaired) electrons. The topological polar surface area (TPSA) is 15.3 Å². The molecule has 0 spiro atoms. The maximum atomic E-state index is 3.96. The Hall–Kier alpha value is -0.340. The highest BCUT2D eigenvalue weighted by molar-refractivity contribution is 5.08. The maximum absolute atomic E-state index is 3.96. The van der Waals surface area contributed by atoms with Crippen molar-refractivity contribution in [2.75, 3.05) is 20.6 Å². The molecule has 2 heteroatoms. The van der Waals surface area contributed by atoms with Crippen molar-refractivity contribution in [2.24, 2.45) is 0 Å². The molecule has 1 unspecified atom stereocenters. The molecule has 14 heavy (non-hydrogen) atoms. The smallest absolute Gasteiger partial charge is 0.0433 e. The first kappa shape index (κ1) is 11.7. The summed E-state index contributed by atoms with van der Waals surface area (Å²) in [6.07, 6.45) is 7.38. The molecule has 1 fully saturated rings. The highest BCUT2D eigenvalue weighted by Crippen LogP contribution is 2.36. The lowest BCUT2D eigenvalue weighted by Crippen LogP contribution is -2.56. The molecule has 1 aliphatic carbocycles. The zero-order valence-electron chi connectivity index (χ0n) is 9.84. The van der Waals surface area contributed by atoms with Crippen molar-refractivity contribution in [3.63, 3.8) is 0 Å². The number of rotatable bonds is 5. The van der Waals surface area contributed by atoms with Gasteiger partial charge in [0.15, 0.2) is 0 Å². The molecule has 2 nitrogen and oxygen atoms in total. The van der Waals surface area contributed by atoms with Crippen molar-refractivity contribution in [2.45, 2.75) is 44.2 Å². The van der Waals surface area contributed by atoms with Crippen LogP contribution < -0.4 is 5.32 Å². The van der Waals surface area contributed by atoms with Crippen LogP contribution in [0.4, 0.5) is 0 Å². The van der Waals surface area contributed by atoms with E-state index < -0.39 is 0 Å². The van der Waals surface area contributed by atoms with Crippen LogP contribution in [-0.4, -0.2) is 37.1 Å². The van der Waals surface area contributed by atoms with Crippen molar-refractivity contribution in [3.8, 4) is 0 Å². The molecule has 1 atom stereocenters. The molecule has 1 aliphatic rings. The van der Waals surface area contributed by atoms with E-state index >= 15 is 0 Å². The van der Waals surface area contributed by atoms with E-state index in [1.807, 2.05) is 0 Å². The second kappa shape index (κ2) is 4.94. The summed E-state index contributed by atoms with van der Waals surface area (Å²) in [6.45, 7) is 7.14. The average molecular weight is 196 g/mol. The van der Waals surface area contributed by atoms with Crippen LogP contribution in [0.5, 0.6) is 0 Å². The zero-order chi connectivity index (χ0) is 10.6. The van der Waals surface area contributed by atoms with Gasteiger partial charge in [-0.2, -0.15) is 0 Å². The Kier molecular flexibility index (Phi) is 4.14. The molecule has 1 N–H and O–H groups in total. The fourth-order valence-corrected chi connectivity index (χ4v) is 2.74. The Bertz CT molecular complexity index is 181. The molecular formula is C12H24N2. The Morgan fingerprint density at radius 1 is 1.43 bits per heavy atom. The molecule has 0 aliphatic heterocycles. The van der Waals surface area contributed by atoms with Crippen molar-refractivity contribution >= 4 is 0 Å². The summed E-state index contributed by atoms with van der Waals surface area (Å²) in [5.41, 5.74) is 0.317. The fraction of sp³-hybridized carbons (Fsp3) is 0.833. The summed E-state index contributed by atoms with van der Waals surface area (Å²) >= 11 is 0. The number of nitrogens with zero attached hydrogens (tertiary/aromatic N) is 1. The maximum Gasteiger partial charge on any atom is 0.0433 e. The van der Waals surface area contributed by atoms with Crippen molar-refractivity contribution in [3.05, 3.63) is 12.7 Å². The van der Waals surface area contributed by atoms with E-state index in [-0.39, 0.29) is 0 Å². The number of nitrogens with one attached hydrogen (secondary N) is 1. The lowest BCUT2D eigenvalue weighted by molar-refractivity contribution is 0.126. The molecule has 0 aromatic heterocycles. The van der Waals surface area contributed by atoms with Crippen molar-refractivity contribution in [1.82, 2.24) is 10.2 Å². The van der Waals surface area contributed by atoms with Crippen LogP contribution in [0, 0.1) is 0 Å². The second-order valence-electron chi connectivity index (χ2n) is 4.48. The van der Waals surface area contributed by atoms with Crippen molar-refractivity contribution < 1.29 is 0 Å². The van der Waals surface area contributed by atoms with Crippen LogP contribution in [-0.2, 0) is 0 Å². The SMILES string of the molecule is C=CC(NCC)C1(N(C)C)CCCC1. The lowest BCUT2D eigenvalue weighted by atomic mass is 9.86. The van der Waals surface area contributed by atoms with Gasteiger partial charge in [0.25, 0.3) is 0 Å². The molecule has 0 heterocycles. The van der Waals surface area contributed by atoms with Crippen LogP contribution in [0.1, 0.15) is 32.6 Å². The van der Waals surface area contributed by atoms with Crippen LogP contribution in [0.3, 0.4) is 0 Å². The van der Waals surface area contributed by atoms with Gasteiger partial charge in [-0.3, -0.25) is 0 Å². The Morgan fingerprint density at radius 3 is 2.36 bits per heavy atom. The first-order valence-electron chi connectivity index (χ1n) is 5.70. The van der Waals surface area contributed by atoms with E-state index in [4.69, 9.17) is 0 Å². The van der Waals surface area contributed by atoms with Crippen LogP contribution in [0.15, 0.2) is 12.7 Å². The fourth-order valence-electron chi connectivity index (χ4n) is 2.74. The zero-order valence-corrected chi connectivity index (χ0v) is 9.84. The summed E-state index contributed by atoms with van der Waals surface area (Å²) < 4.78 is 0. The molecule has 0 aromatic rings. The van der Waals surface area contributed by atoms with Gasteiger partial charge in [-0.05, 0) is 33.5 Å². The largest absolute Gasteiger partial charge is 0.309 e. The van der Waals surface area contributed by atoms with Crippen LogP contribution >= 0.6 is 0 Å². The summed E-state index contributed by atoms with van der Waals surface area (Å²) in [7, 11) is 4.39. The van der Waals surface area contributed by atoms with Crippen LogP contribution in [0.2, 0.25) is 0 Å². The van der Waals surface area contributed by atoms with E-state index in [1.165, 1.54) is 25.7 Å². The third-order valence-electron chi connectivity index (χ3n) is 3.60. The van der Waals surface area contributed by atoms with Crippen LogP contribution in [0.25, 0.3) is 0 Å². The van der Waals surface area contributed by atoms with Gasteiger partial charge in [-0.25, -0.2) is 0 Å². The van der Waals surface area contributed by atoms with E-state index in [9.17, 15) is 0 Å². The summed E-state index contributed by atoms with van der Waals surface area (Å²) in [5.74, 6) is 0. The van der Waals surface area contributed by atoms with Gasteiger partial charge in [-0.15, -0.1) is 6.58 Å². The number of hydrogen-bond donors (Lipinski definition) is 1. The van der Waals surface area contributed by atoms with E-state index in [0.29, 0.717) is 11.6 Å². The normalized spacial score (nSPS) is 22.6. The molecule has 0 saturated heterocycles. The van der Waals surface area contributed by atoms with Gasteiger partial charge in [-0.1, -0.05) is 25.8 Å². The lowest BCUT2D eigenvalue weighted by Gasteiger charge is -2.42. The number of likely N-dealkylation sites (N-methyl/N-ethyl adjacent to an activating group) is 2. The highest BCUT2D eigenvalue weighted by Gasteiger charge is 2.41. The third-order valence-corrected chi connectivity index (χ3v) is 3.60. The molecule has 1 saturated carbocycles. The van der Waals surface area contributed by atoms with Crippen molar-refractivity contribution in [1.29, 1.82) is 0 Å². The van der Waals surface area contributed by atoms with Gasteiger partial charge in [0.1, 0.15) is 0 Å². The molecule has 0 amide bonds. The van der Waals surface area contributed by atoms with E-state index in [1.54, 1.807) is 0 Å². The monoisotopic (exact) mass is 196 g/mol. The first-order chi connectivity index (χ1) is 6.67. The highest BCUT2D eigenvalue weighted by atomic mass is 15.2. The van der Waals surface area contributed by atoms with E-state index in [2.05, 4.69) is 43.9 Å². The standard InChI is InChI=1S/C12H24N2/c1-5-11(13-6-2)12(14(3)4)9-7-8-10-12/h5,11,13H,1,6-10H2,2-4H3. The minimum absolute atomic E-state index is 0.317. The second-order valence-corrected chi connectivity index (χ2v) is 4.48.